The molecule has 0 aromatic heterocycles. The maximum Gasteiger partial charge on any atom is 0.338 e. The Morgan fingerprint density at radius 3 is 2.58 bits per heavy atom. The summed E-state index contributed by atoms with van der Waals surface area (Å²) in [6.45, 7) is 5.02. The summed E-state index contributed by atoms with van der Waals surface area (Å²) in [5.41, 5.74) is 0.339. The Kier molecular flexibility index (Phi) is 7.77. The third kappa shape index (κ3) is 6.88. The van der Waals surface area contributed by atoms with E-state index in [1.807, 2.05) is 0 Å². The Morgan fingerprint density at radius 1 is 1.16 bits per heavy atom. The van der Waals surface area contributed by atoms with E-state index in [0.717, 1.165) is 19.5 Å². The van der Waals surface area contributed by atoms with Gasteiger partial charge >= 0.3 is 5.97 Å². The first-order valence-corrected chi connectivity index (χ1v) is 6.45. The summed E-state index contributed by atoms with van der Waals surface area (Å²) in [7, 11) is 0. The largest absolute Gasteiger partial charge is 0.460 e. The number of ether oxygens (including phenoxy) is 2. The molecule has 0 atom stereocenters. The van der Waals surface area contributed by atoms with Gasteiger partial charge in [0.05, 0.1) is 18.8 Å². The highest BCUT2D eigenvalue weighted by molar-refractivity contribution is 5.89. The lowest BCUT2D eigenvalue weighted by atomic mass is 10.2. The summed E-state index contributed by atoms with van der Waals surface area (Å²) in [5, 5.41) is 3.20. The average molecular weight is 269 g/mol. The van der Waals surface area contributed by atoms with Gasteiger partial charge in [-0.1, -0.05) is 6.92 Å². The fourth-order valence-electron chi connectivity index (χ4n) is 1.41. The molecular weight excluding hydrogens is 249 g/mol. The van der Waals surface area contributed by atoms with Gasteiger partial charge in [0.2, 0.25) is 0 Å². The molecule has 4 nitrogen and oxygen atoms in total. The van der Waals surface area contributed by atoms with E-state index in [1.54, 1.807) is 0 Å². The van der Waals surface area contributed by atoms with E-state index >= 15 is 0 Å². The third-order valence-corrected chi connectivity index (χ3v) is 2.39. The fraction of sp³-hybridized carbons (Fsp3) is 0.500. The van der Waals surface area contributed by atoms with E-state index in [4.69, 9.17) is 9.47 Å². The van der Waals surface area contributed by atoms with Crippen LogP contribution in [-0.2, 0) is 9.47 Å². The number of halogens is 1. The SMILES string of the molecule is CCCNCCOCCOC(=O)c1ccc(F)cc1. The molecule has 5 heteroatoms. The first-order chi connectivity index (χ1) is 9.24. The number of carbonyl (C=O) groups excluding carboxylic acids is 1. The van der Waals surface area contributed by atoms with Crippen molar-refractivity contribution in [1.82, 2.24) is 5.32 Å². The number of benzene rings is 1. The zero-order valence-electron chi connectivity index (χ0n) is 11.2. The first-order valence-electron chi connectivity index (χ1n) is 6.45. The van der Waals surface area contributed by atoms with Gasteiger partial charge in [-0.25, -0.2) is 9.18 Å². The molecule has 106 valence electrons. The summed E-state index contributed by atoms with van der Waals surface area (Å²) in [6.07, 6.45) is 1.09. The number of hydrogen-bond acceptors (Lipinski definition) is 4. The standard InChI is InChI=1S/C14H20FNO3/c1-2-7-16-8-9-18-10-11-19-14(17)12-3-5-13(15)6-4-12/h3-6,16H,2,7-11H2,1H3. The van der Waals surface area contributed by atoms with Gasteiger partial charge in [0.1, 0.15) is 12.4 Å². The second kappa shape index (κ2) is 9.47. The zero-order chi connectivity index (χ0) is 13.9. The monoisotopic (exact) mass is 269 g/mol. The van der Waals surface area contributed by atoms with Gasteiger partial charge in [-0.15, -0.1) is 0 Å². The van der Waals surface area contributed by atoms with E-state index in [-0.39, 0.29) is 12.4 Å². The second-order valence-corrected chi connectivity index (χ2v) is 4.01. The Labute approximate surface area is 112 Å². The van der Waals surface area contributed by atoms with Crippen LogP contribution in [0.4, 0.5) is 4.39 Å². The smallest absolute Gasteiger partial charge is 0.338 e. The molecule has 1 aromatic carbocycles. The molecule has 0 heterocycles. The Bertz CT molecular complexity index is 367. The summed E-state index contributed by atoms with van der Waals surface area (Å²) >= 11 is 0. The lowest BCUT2D eigenvalue weighted by Crippen LogP contribution is -2.21. The summed E-state index contributed by atoms with van der Waals surface area (Å²) in [4.78, 5) is 11.5. The van der Waals surface area contributed by atoms with E-state index in [2.05, 4.69) is 12.2 Å². The summed E-state index contributed by atoms with van der Waals surface area (Å²) in [5.74, 6) is -0.841. The molecule has 1 N–H and O–H groups in total. The van der Waals surface area contributed by atoms with Gasteiger partial charge < -0.3 is 14.8 Å². The zero-order valence-corrected chi connectivity index (χ0v) is 11.2. The van der Waals surface area contributed by atoms with Crippen molar-refractivity contribution < 1.29 is 18.7 Å². The summed E-state index contributed by atoms with van der Waals surface area (Å²) < 4.78 is 22.9. The maximum absolute atomic E-state index is 12.7. The van der Waals surface area contributed by atoms with Crippen LogP contribution in [0.1, 0.15) is 23.7 Å². The van der Waals surface area contributed by atoms with Crippen molar-refractivity contribution >= 4 is 5.97 Å². The highest BCUT2D eigenvalue weighted by Crippen LogP contribution is 2.04. The quantitative estimate of drug-likeness (QED) is 0.550. The van der Waals surface area contributed by atoms with Crippen LogP contribution in [0.3, 0.4) is 0 Å². The molecule has 0 amide bonds. The van der Waals surface area contributed by atoms with Crippen LogP contribution in [-0.4, -0.2) is 38.9 Å². The van der Waals surface area contributed by atoms with Crippen LogP contribution in [0, 0.1) is 5.82 Å². The van der Waals surface area contributed by atoms with Crippen LogP contribution < -0.4 is 5.32 Å². The predicted molar refractivity (Wildman–Crippen MR) is 70.7 cm³/mol. The lowest BCUT2D eigenvalue weighted by Gasteiger charge is -2.06. The molecule has 0 spiro atoms. The minimum atomic E-state index is -0.465. The molecule has 0 radical (unpaired) electrons. The minimum Gasteiger partial charge on any atom is -0.460 e. The van der Waals surface area contributed by atoms with Crippen molar-refractivity contribution in [3.8, 4) is 0 Å². The van der Waals surface area contributed by atoms with E-state index in [1.165, 1.54) is 24.3 Å². The number of rotatable bonds is 9. The van der Waals surface area contributed by atoms with Crippen LogP contribution in [0.15, 0.2) is 24.3 Å². The topological polar surface area (TPSA) is 47.6 Å². The van der Waals surface area contributed by atoms with Crippen LogP contribution in [0.5, 0.6) is 0 Å². The highest BCUT2D eigenvalue weighted by Gasteiger charge is 2.06. The molecule has 1 aromatic rings. The van der Waals surface area contributed by atoms with Crippen molar-refractivity contribution in [2.24, 2.45) is 0 Å². The molecule has 0 aliphatic rings. The Hall–Kier alpha value is -1.46. The molecule has 0 bridgehead atoms. The molecule has 0 saturated heterocycles. The molecule has 0 saturated carbocycles. The number of esters is 1. The highest BCUT2D eigenvalue weighted by atomic mass is 19.1. The number of hydrogen-bond donors (Lipinski definition) is 1. The van der Waals surface area contributed by atoms with Crippen molar-refractivity contribution in [2.75, 3.05) is 32.9 Å². The summed E-state index contributed by atoms with van der Waals surface area (Å²) in [6, 6.07) is 5.25. The molecule has 0 aliphatic heterocycles. The first kappa shape index (κ1) is 15.6. The van der Waals surface area contributed by atoms with Crippen molar-refractivity contribution in [3.63, 3.8) is 0 Å². The molecule has 0 aliphatic carbocycles. The van der Waals surface area contributed by atoms with Gasteiger partial charge in [-0.2, -0.15) is 0 Å². The van der Waals surface area contributed by atoms with Crippen LogP contribution in [0.2, 0.25) is 0 Å². The number of nitrogens with one attached hydrogen (secondary N) is 1. The van der Waals surface area contributed by atoms with E-state index in [9.17, 15) is 9.18 Å². The second-order valence-electron chi connectivity index (χ2n) is 4.01. The van der Waals surface area contributed by atoms with Gasteiger partial charge in [-0.3, -0.25) is 0 Å². The van der Waals surface area contributed by atoms with Crippen LogP contribution >= 0.6 is 0 Å². The van der Waals surface area contributed by atoms with Gasteiger partial charge in [0.15, 0.2) is 0 Å². The normalized spacial score (nSPS) is 10.4. The van der Waals surface area contributed by atoms with Gasteiger partial charge in [0.25, 0.3) is 0 Å². The van der Waals surface area contributed by atoms with Gasteiger partial charge in [-0.05, 0) is 37.2 Å². The maximum atomic E-state index is 12.7. The minimum absolute atomic E-state index is 0.198. The predicted octanol–water partition coefficient (Wildman–Crippen LogP) is 2.00. The van der Waals surface area contributed by atoms with Crippen LogP contribution in [0.25, 0.3) is 0 Å². The van der Waals surface area contributed by atoms with E-state index in [0.29, 0.717) is 18.8 Å². The fourth-order valence-corrected chi connectivity index (χ4v) is 1.41. The third-order valence-electron chi connectivity index (χ3n) is 2.39. The Balaban J connectivity index is 2.06. The van der Waals surface area contributed by atoms with Crippen molar-refractivity contribution in [2.45, 2.75) is 13.3 Å². The van der Waals surface area contributed by atoms with Gasteiger partial charge in [0, 0.05) is 6.54 Å². The Morgan fingerprint density at radius 2 is 1.89 bits per heavy atom. The number of carbonyl (C=O) groups is 1. The average Bonchev–Trinajstić information content (AvgIpc) is 2.42. The van der Waals surface area contributed by atoms with Crippen molar-refractivity contribution in [3.05, 3.63) is 35.6 Å². The molecule has 1 rings (SSSR count). The lowest BCUT2D eigenvalue weighted by molar-refractivity contribution is 0.0322. The molecule has 0 unspecified atom stereocenters. The molecule has 0 fully saturated rings. The van der Waals surface area contributed by atoms with E-state index < -0.39 is 5.97 Å². The molecule has 19 heavy (non-hydrogen) atoms. The molecular formula is C14H20FNO3. The van der Waals surface area contributed by atoms with Crippen molar-refractivity contribution in [1.29, 1.82) is 0 Å².